The number of hydrogen-bond acceptors (Lipinski definition) is 2. The fourth-order valence-corrected chi connectivity index (χ4v) is 1.18. The van der Waals surface area contributed by atoms with Crippen molar-refractivity contribution in [3.05, 3.63) is 0 Å². The van der Waals surface area contributed by atoms with E-state index < -0.39 is 0 Å². The molecule has 86 valence electrons. The van der Waals surface area contributed by atoms with Crippen molar-refractivity contribution in [2.45, 2.75) is 59.7 Å². The van der Waals surface area contributed by atoms with Crippen LogP contribution in [0, 0.1) is 5.92 Å². The second-order valence-electron chi connectivity index (χ2n) is 4.20. The molecule has 0 aliphatic rings. The van der Waals surface area contributed by atoms with Crippen molar-refractivity contribution in [3.8, 4) is 0 Å². The monoisotopic (exact) mass is 202 g/mol. The molecule has 0 aromatic carbocycles. The normalized spacial score (nSPS) is 13.5. The third kappa shape index (κ3) is 10.0. The third-order valence-electron chi connectivity index (χ3n) is 2.13. The molecule has 0 fully saturated rings. The summed E-state index contributed by atoms with van der Waals surface area (Å²) in [5.74, 6) is 0.773. The van der Waals surface area contributed by atoms with Gasteiger partial charge in [0.2, 0.25) is 0 Å². The van der Waals surface area contributed by atoms with Crippen LogP contribution in [0.2, 0.25) is 0 Å². The zero-order valence-electron chi connectivity index (χ0n) is 10.2. The average Bonchev–Trinajstić information content (AvgIpc) is 2.13. The number of rotatable bonds is 9. The van der Waals surface area contributed by atoms with Gasteiger partial charge in [-0.15, -0.1) is 0 Å². The summed E-state index contributed by atoms with van der Waals surface area (Å²) in [6.07, 6.45) is 4.65. The van der Waals surface area contributed by atoms with Crippen LogP contribution < -0.4 is 0 Å². The Hall–Kier alpha value is -0.0800. The lowest BCUT2D eigenvalue weighted by Crippen LogP contribution is -2.14. The van der Waals surface area contributed by atoms with Crippen molar-refractivity contribution >= 4 is 0 Å². The van der Waals surface area contributed by atoms with Crippen LogP contribution >= 0.6 is 0 Å². The Labute approximate surface area is 89.0 Å². The summed E-state index contributed by atoms with van der Waals surface area (Å²) < 4.78 is 11.0. The molecule has 0 bridgehead atoms. The van der Waals surface area contributed by atoms with Crippen LogP contribution in [-0.2, 0) is 9.47 Å². The Morgan fingerprint density at radius 3 is 2.00 bits per heavy atom. The third-order valence-corrected chi connectivity index (χ3v) is 2.13. The van der Waals surface area contributed by atoms with Gasteiger partial charge >= 0.3 is 0 Å². The number of hydrogen-bond donors (Lipinski definition) is 0. The van der Waals surface area contributed by atoms with Gasteiger partial charge in [0, 0.05) is 13.2 Å². The summed E-state index contributed by atoms with van der Waals surface area (Å²) in [4.78, 5) is 0. The molecule has 0 N–H and O–H groups in total. The van der Waals surface area contributed by atoms with Gasteiger partial charge in [0.05, 0.1) is 0 Å². The Morgan fingerprint density at radius 2 is 1.50 bits per heavy atom. The summed E-state index contributed by atoms with van der Waals surface area (Å²) in [7, 11) is 0. The second-order valence-corrected chi connectivity index (χ2v) is 4.20. The summed E-state index contributed by atoms with van der Waals surface area (Å²) in [5, 5.41) is 0. The maximum absolute atomic E-state index is 5.52. The molecule has 2 heteroatoms. The molecule has 0 rings (SSSR count). The Bertz CT molecular complexity index is 113. The topological polar surface area (TPSA) is 18.5 Å². The molecule has 0 radical (unpaired) electrons. The average molecular weight is 202 g/mol. The van der Waals surface area contributed by atoms with Gasteiger partial charge in [-0.25, -0.2) is 0 Å². The summed E-state index contributed by atoms with van der Waals surface area (Å²) in [6, 6.07) is 0. The van der Waals surface area contributed by atoms with Crippen molar-refractivity contribution < 1.29 is 9.47 Å². The summed E-state index contributed by atoms with van der Waals surface area (Å²) in [6.45, 7) is 10.3. The molecule has 0 heterocycles. The van der Waals surface area contributed by atoms with Crippen LogP contribution in [0.3, 0.4) is 0 Å². The van der Waals surface area contributed by atoms with Gasteiger partial charge in [-0.1, -0.05) is 27.2 Å². The van der Waals surface area contributed by atoms with E-state index in [1.165, 1.54) is 12.8 Å². The van der Waals surface area contributed by atoms with Crippen molar-refractivity contribution in [2.75, 3.05) is 13.2 Å². The van der Waals surface area contributed by atoms with Crippen molar-refractivity contribution in [1.82, 2.24) is 0 Å². The zero-order valence-corrected chi connectivity index (χ0v) is 10.2. The molecule has 1 unspecified atom stereocenters. The summed E-state index contributed by atoms with van der Waals surface area (Å²) in [5.41, 5.74) is 0. The molecule has 0 spiro atoms. The van der Waals surface area contributed by atoms with E-state index in [1.54, 1.807) is 0 Å². The van der Waals surface area contributed by atoms with Gasteiger partial charge in [-0.3, -0.25) is 0 Å². The molecule has 0 aliphatic carbocycles. The first-order valence-electron chi connectivity index (χ1n) is 5.90. The lowest BCUT2D eigenvalue weighted by atomic mass is 10.1. The Kier molecular flexibility index (Phi) is 9.42. The first-order chi connectivity index (χ1) is 6.66. The quantitative estimate of drug-likeness (QED) is 0.420. The molecule has 2 nitrogen and oxygen atoms in total. The minimum Gasteiger partial charge on any atom is -0.353 e. The summed E-state index contributed by atoms with van der Waals surface area (Å²) >= 11 is 0. The lowest BCUT2D eigenvalue weighted by Gasteiger charge is -2.14. The predicted molar refractivity (Wildman–Crippen MR) is 60.3 cm³/mol. The second kappa shape index (κ2) is 9.47. The van der Waals surface area contributed by atoms with Gasteiger partial charge in [0.25, 0.3) is 0 Å². The first-order valence-corrected chi connectivity index (χ1v) is 5.90. The van der Waals surface area contributed by atoms with Crippen LogP contribution in [0.15, 0.2) is 0 Å². The molecular formula is C12H26O2. The van der Waals surface area contributed by atoms with Crippen LogP contribution in [0.25, 0.3) is 0 Å². The standard InChI is InChI=1S/C12H26O2/c1-5-6-9-13-12(4)14-10-7-8-11(2)3/h11-12H,5-10H2,1-4H3. The number of unbranched alkanes of at least 4 members (excludes halogenated alkanes) is 1. The highest BCUT2D eigenvalue weighted by molar-refractivity contribution is 4.45. The lowest BCUT2D eigenvalue weighted by molar-refractivity contribution is -0.131. The van der Waals surface area contributed by atoms with E-state index in [2.05, 4.69) is 20.8 Å². The van der Waals surface area contributed by atoms with Gasteiger partial charge in [-0.05, 0) is 32.1 Å². The fraction of sp³-hybridized carbons (Fsp3) is 1.00. The highest BCUT2D eigenvalue weighted by atomic mass is 16.7. The molecular weight excluding hydrogens is 176 g/mol. The van der Waals surface area contributed by atoms with Crippen LogP contribution in [0.4, 0.5) is 0 Å². The van der Waals surface area contributed by atoms with Gasteiger partial charge in [0.1, 0.15) is 0 Å². The molecule has 0 aromatic rings. The maximum Gasteiger partial charge on any atom is 0.154 e. The molecule has 14 heavy (non-hydrogen) atoms. The first kappa shape index (κ1) is 13.9. The van der Waals surface area contributed by atoms with Crippen molar-refractivity contribution in [2.24, 2.45) is 5.92 Å². The maximum atomic E-state index is 5.52. The van der Waals surface area contributed by atoms with E-state index in [0.717, 1.165) is 32.0 Å². The van der Waals surface area contributed by atoms with Gasteiger partial charge < -0.3 is 9.47 Å². The van der Waals surface area contributed by atoms with Gasteiger partial charge in [-0.2, -0.15) is 0 Å². The molecule has 0 amide bonds. The minimum atomic E-state index is -0.0336. The van der Waals surface area contributed by atoms with E-state index in [4.69, 9.17) is 9.47 Å². The van der Waals surface area contributed by atoms with Crippen molar-refractivity contribution in [1.29, 1.82) is 0 Å². The van der Waals surface area contributed by atoms with E-state index in [0.29, 0.717) is 0 Å². The molecule has 0 saturated heterocycles. The molecule has 0 aromatic heterocycles. The Balaban J connectivity index is 3.14. The largest absolute Gasteiger partial charge is 0.353 e. The highest BCUT2D eigenvalue weighted by Gasteiger charge is 2.01. The van der Waals surface area contributed by atoms with E-state index in [9.17, 15) is 0 Å². The highest BCUT2D eigenvalue weighted by Crippen LogP contribution is 2.05. The smallest absolute Gasteiger partial charge is 0.154 e. The SMILES string of the molecule is CCCCOC(C)OCCCC(C)C. The van der Waals surface area contributed by atoms with Crippen LogP contribution in [0.5, 0.6) is 0 Å². The minimum absolute atomic E-state index is 0.0336. The Morgan fingerprint density at radius 1 is 0.929 bits per heavy atom. The van der Waals surface area contributed by atoms with Crippen LogP contribution in [-0.4, -0.2) is 19.5 Å². The zero-order chi connectivity index (χ0) is 10.8. The predicted octanol–water partition coefficient (Wildman–Crippen LogP) is 3.60. The van der Waals surface area contributed by atoms with E-state index in [1.807, 2.05) is 6.92 Å². The molecule has 1 atom stereocenters. The number of ether oxygens (including phenoxy) is 2. The molecule has 0 aliphatic heterocycles. The van der Waals surface area contributed by atoms with E-state index in [-0.39, 0.29) is 6.29 Å². The van der Waals surface area contributed by atoms with Gasteiger partial charge in [0.15, 0.2) is 6.29 Å². The molecule has 0 saturated carbocycles. The van der Waals surface area contributed by atoms with E-state index >= 15 is 0 Å². The van der Waals surface area contributed by atoms with Crippen molar-refractivity contribution in [3.63, 3.8) is 0 Å². The van der Waals surface area contributed by atoms with Crippen LogP contribution in [0.1, 0.15) is 53.4 Å². The fourth-order valence-electron chi connectivity index (χ4n) is 1.18.